The van der Waals surface area contributed by atoms with Crippen LogP contribution in [-0.2, 0) is 11.3 Å². The van der Waals surface area contributed by atoms with Crippen LogP contribution in [0.4, 0.5) is 0 Å². The Morgan fingerprint density at radius 1 is 1.11 bits per heavy atom. The second kappa shape index (κ2) is 7.15. The van der Waals surface area contributed by atoms with Gasteiger partial charge in [-0.2, -0.15) is 5.10 Å². The summed E-state index contributed by atoms with van der Waals surface area (Å²) in [6.45, 7) is 5.06. The standard InChI is InChI=1S/C21H20N2O4/c1-14-12-15(2)23(22-14)17-8-6-16(7-9-17)13-27-21(24)18-4-3-5-19-20(18)26-11-10-25-19/h3-9,12H,10-11,13H2,1-2H3. The third-order valence-electron chi connectivity index (χ3n) is 4.35. The molecule has 0 unspecified atom stereocenters. The highest BCUT2D eigenvalue weighted by molar-refractivity contribution is 5.93. The van der Waals surface area contributed by atoms with E-state index in [1.54, 1.807) is 18.2 Å². The number of aryl methyl sites for hydroxylation is 2. The number of esters is 1. The number of aromatic nitrogens is 2. The van der Waals surface area contributed by atoms with Gasteiger partial charge in [0.05, 0.1) is 11.4 Å². The van der Waals surface area contributed by atoms with Crippen molar-refractivity contribution in [2.24, 2.45) is 0 Å². The van der Waals surface area contributed by atoms with Gasteiger partial charge in [-0.3, -0.25) is 0 Å². The van der Waals surface area contributed by atoms with Gasteiger partial charge < -0.3 is 14.2 Å². The molecule has 6 heteroatoms. The minimum absolute atomic E-state index is 0.181. The molecule has 0 atom stereocenters. The highest BCUT2D eigenvalue weighted by Crippen LogP contribution is 2.34. The summed E-state index contributed by atoms with van der Waals surface area (Å²) in [6, 6.07) is 15.0. The van der Waals surface area contributed by atoms with Crippen molar-refractivity contribution in [2.75, 3.05) is 13.2 Å². The Hall–Kier alpha value is -3.28. The van der Waals surface area contributed by atoms with Crippen molar-refractivity contribution in [3.05, 3.63) is 71.0 Å². The predicted molar refractivity (Wildman–Crippen MR) is 99.6 cm³/mol. The van der Waals surface area contributed by atoms with E-state index in [1.165, 1.54) is 0 Å². The van der Waals surface area contributed by atoms with Crippen molar-refractivity contribution in [3.63, 3.8) is 0 Å². The van der Waals surface area contributed by atoms with Crippen LogP contribution in [0.5, 0.6) is 11.5 Å². The number of carbonyl (C=O) groups excluding carboxylic acids is 1. The molecule has 138 valence electrons. The fourth-order valence-corrected chi connectivity index (χ4v) is 3.08. The molecule has 6 nitrogen and oxygen atoms in total. The number of benzene rings is 2. The molecular formula is C21H20N2O4. The Kier molecular flexibility index (Phi) is 4.54. The molecule has 0 spiro atoms. The highest BCUT2D eigenvalue weighted by atomic mass is 16.6. The molecule has 1 aliphatic heterocycles. The summed E-state index contributed by atoms with van der Waals surface area (Å²) in [6.07, 6.45) is 0. The summed E-state index contributed by atoms with van der Waals surface area (Å²) in [5.74, 6) is 0.596. The van der Waals surface area contributed by atoms with Crippen molar-refractivity contribution in [1.29, 1.82) is 0 Å². The molecule has 2 aromatic carbocycles. The van der Waals surface area contributed by atoms with Crippen LogP contribution in [0.15, 0.2) is 48.5 Å². The quantitative estimate of drug-likeness (QED) is 0.662. The summed E-state index contributed by atoms with van der Waals surface area (Å²) in [7, 11) is 0. The Balaban J connectivity index is 1.45. The lowest BCUT2D eigenvalue weighted by Gasteiger charge is -2.20. The molecular weight excluding hydrogens is 344 g/mol. The number of ether oxygens (including phenoxy) is 3. The molecule has 0 N–H and O–H groups in total. The summed E-state index contributed by atoms with van der Waals surface area (Å²) in [5, 5.41) is 4.47. The van der Waals surface area contributed by atoms with Gasteiger partial charge in [-0.25, -0.2) is 9.48 Å². The van der Waals surface area contributed by atoms with Gasteiger partial charge in [-0.15, -0.1) is 0 Å². The number of hydrogen-bond acceptors (Lipinski definition) is 5. The van der Waals surface area contributed by atoms with E-state index in [2.05, 4.69) is 5.10 Å². The molecule has 2 heterocycles. The number of para-hydroxylation sites is 1. The minimum atomic E-state index is -0.431. The summed E-state index contributed by atoms with van der Waals surface area (Å²) < 4.78 is 18.4. The highest BCUT2D eigenvalue weighted by Gasteiger charge is 2.21. The molecule has 0 amide bonds. The van der Waals surface area contributed by atoms with Crippen LogP contribution in [0.25, 0.3) is 5.69 Å². The molecule has 0 saturated heterocycles. The third kappa shape index (κ3) is 3.51. The van der Waals surface area contributed by atoms with Gasteiger partial charge in [0, 0.05) is 5.69 Å². The van der Waals surface area contributed by atoms with Gasteiger partial charge in [0.1, 0.15) is 25.4 Å². The van der Waals surface area contributed by atoms with E-state index >= 15 is 0 Å². The lowest BCUT2D eigenvalue weighted by molar-refractivity contribution is 0.0463. The van der Waals surface area contributed by atoms with Gasteiger partial charge >= 0.3 is 5.97 Å². The number of carbonyl (C=O) groups is 1. The zero-order valence-electron chi connectivity index (χ0n) is 15.3. The lowest BCUT2D eigenvalue weighted by atomic mass is 10.1. The zero-order chi connectivity index (χ0) is 18.8. The second-order valence-electron chi connectivity index (χ2n) is 6.41. The Morgan fingerprint density at radius 3 is 2.63 bits per heavy atom. The van der Waals surface area contributed by atoms with Crippen molar-refractivity contribution in [2.45, 2.75) is 20.5 Å². The summed E-state index contributed by atoms with van der Waals surface area (Å²) >= 11 is 0. The normalized spacial score (nSPS) is 12.7. The maximum atomic E-state index is 12.5. The van der Waals surface area contributed by atoms with E-state index in [0.29, 0.717) is 30.3 Å². The van der Waals surface area contributed by atoms with Crippen molar-refractivity contribution in [3.8, 4) is 17.2 Å². The lowest BCUT2D eigenvalue weighted by Crippen LogP contribution is -2.18. The van der Waals surface area contributed by atoms with Crippen molar-refractivity contribution >= 4 is 5.97 Å². The van der Waals surface area contributed by atoms with E-state index in [-0.39, 0.29) is 6.61 Å². The molecule has 0 radical (unpaired) electrons. The molecule has 0 saturated carbocycles. The van der Waals surface area contributed by atoms with Gasteiger partial charge in [-0.1, -0.05) is 18.2 Å². The minimum Gasteiger partial charge on any atom is -0.486 e. The largest absolute Gasteiger partial charge is 0.486 e. The Morgan fingerprint density at radius 2 is 1.89 bits per heavy atom. The number of hydrogen-bond donors (Lipinski definition) is 0. The van der Waals surface area contributed by atoms with E-state index in [4.69, 9.17) is 14.2 Å². The number of nitrogens with zero attached hydrogens (tertiary/aromatic N) is 2. The molecule has 0 aliphatic carbocycles. The van der Waals surface area contributed by atoms with Crippen LogP contribution in [0.1, 0.15) is 27.3 Å². The van der Waals surface area contributed by atoms with Crippen LogP contribution in [0, 0.1) is 13.8 Å². The fraction of sp³-hybridized carbons (Fsp3) is 0.238. The van der Waals surface area contributed by atoms with Gasteiger partial charge in [0.25, 0.3) is 0 Å². The molecule has 1 aliphatic rings. The number of fused-ring (bicyclic) bond motifs is 1. The summed E-state index contributed by atoms with van der Waals surface area (Å²) in [5.41, 5.74) is 4.30. The van der Waals surface area contributed by atoms with E-state index < -0.39 is 5.97 Å². The van der Waals surface area contributed by atoms with Gasteiger partial charge in [-0.05, 0) is 49.7 Å². The fourth-order valence-electron chi connectivity index (χ4n) is 3.08. The molecule has 3 aromatic rings. The first kappa shape index (κ1) is 17.1. The van der Waals surface area contributed by atoms with Crippen molar-refractivity contribution in [1.82, 2.24) is 9.78 Å². The van der Waals surface area contributed by atoms with Crippen LogP contribution in [-0.4, -0.2) is 29.0 Å². The van der Waals surface area contributed by atoms with Crippen LogP contribution >= 0.6 is 0 Å². The number of rotatable bonds is 4. The Bertz CT molecular complexity index is 976. The van der Waals surface area contributed by atoms with E-state index in [0.717, 1.165) is 22.6 Å². The average Bonchev–Trinajstić information content (AvgIpc) is 3.04. The van der Waals surface area contributed by atoms with Crippen molar-refractivity contribution < 1.29 is 19.0 Å². The molecule has 0 bridgehead atoms. The SMILES string of the molecule is Cc1cc(C)n(-c2ccc(COC(=O)c3cccc4c3OCCO4)cc2)n1. The average molecular weight is 364 g/mol. The molecule has 27 heavy (non-hydrogen) atoms. The first-order chi connectivity index (χ1) is 13.1. The molecule has 0 fully saturated rings. The van der Waals surface area contributed by atoms with Gasteiger partial charge in [0.15, 0.2) is 11.5 Å². The third-order valence-corrected chi connectivity index (χ3v) is 4.35. The molecule has 4 rings (SSSR count). The first-order valence-corrected chi connectivity index (χ1v) is 8.80. The van der Waals surface area contributed by atoms with Crippen LogP contribution in [0.2, 0.25) is 0 Å². The predicted octanol–water partition coefficient (Wildman–Crippen LogP) is 3.62. The topological polar surface area (TPSA) is 62.6 Å². The maximum Gasteiger partial charge on any atom is 0.342 e. The van der Waals surface area contributed by atoms with Crippen LogP contribution in [0.3, 0.4) is 0 Å². The van der Waals surface area contributed by atoms with Gasteiger partial charge in [0.2, 0.25) is 0 Å². The second-order valence-corrected chi connectivity index (χ2v) is 6.41. The van der Waals surface area contributed by atoms with Crippen LogP contribution < -0.4 is 9.47 Å². The smallest absolute Gasteiger partial charge is 0.342 e. The first-order valence-electron chi connectivity index (χ1n) is 8.80. The Labute approximate surface area is 157 Å². The summed E-state index contributed by atoms with van der Waals surface area (Å²) in [4.78, 5) is 12.5. The molecule has 1 aromatic heterocycles. The van der Waals surface area contributed by atoms with E-state index in [1.807, 2.05) is 48.9 Å². The van der Waals surface area contributed by atoms with E-state index in [9.17, 15) is 4.79 Å². The zero-order valence-corrected chi connectivity index (χ0v) is 15.3. The monoisotopic (exact) mass is 364 g/mol. The maximum absolute atomic E-state index is 12.5.